The van der Waals surface area contributed by atoms with Gasteiger partial charge < -0.3 is 9.80 Å². The van der Waals surface area contributed by atoms with Crippen LogP contribution in [-0.4, -0.2) is 77.7 Å². The lowest BCUT2D eigenvalue weighted by Crippen LogP contribution is -2.44. The van der Waals surface area contributed by atoms with Crippen LogP contribution < -0.4 is 0 Å². The second-order valence-corrected chi connectivity index (χ2v) is 19.4. The highest BCUT2D eigenvalue weighted by atomic mass is 35.7. The van der Waals surface area contributed by atoms with E-state index in [4.69, 9.17) is 10.7 Å². The van der Waals surface area contributed by atoms with Crippen molar-refractivity contribution in [3.05, 3.63) is 227 Å². The Kier molecular flexibility index (Phi) is 19.6. The van der Waals surface area contributed by atoms with Crippen molar-refractivity contribution >= 4 is 54.9 Å². The molecule has 356 valence electrons. The van der Waals surface area contributed by atoms with Crippen molar-refractivity contribution in [2.45, 2.75) is 60.7 Å². The Bertz CT molecular complexity index is 2880. The summed E-state index contributed by atoms with van der Waals surface area (Å²) >= 11 is 1.75. The minimum absolute atomic E-state index is 0. The Balaban J connectivity index is 0.000000256. The topological polar surface area (TPSA) is 135 Å². The Morgan fingerprint density at radius 3 is 1.35 bits per heavy atom. The fraction of sp³-hybridized carbons (Fsp3) is 0.185. The number of benzene rings is 5. The monoisotopic (exact) mass is 988 g/mol. The highest BCUT2D eigenvalue weighted by Gasteiger charge is 2.30. The molecule has 0 saturated heterocycles. The number of rotatable bonds is 18. The Hall–Kier alpha value is -6.87. The molecule has 0 fully saturated rings. The third-order valence-corrected chi connectivity index (χ3v) is 13.4. The van der Waals surface area contributed by atoms with Crippen LogP contribution in [0.1, 0.15) is 56.0 Å². The maximum atomic E-state index is 13.5. The number of carbonyl (C=O) groups excluding carboxylic acids is 4. The van der Waals surface area contributed by atoms with E-state index in [1.807, 2.05) is 60.7 Å². The molecule has 69 heavy (non-hydrogen) atoms. The van der Waals surface area contributed by atoms with E-state index in [9.17, 15) is 36.4 Å². The lowest BCUT2D eigenvalue weighted by molar-refractivity contribution is -0.123. The molecule has 2 amide bonds. The molecule has 2 aromatic heterocycles. The highest BCUT2D eigenvalue weighted by Crippen LogP contribution is 2.24. The molecule has 2 atom stereocenters. The average molecular weight is 990 g/mol. The van der Waals surface area contributed by atoms with E-state index in [2.05, 4.69) is 22.1 Å². The lowest BCUT2D eigenvalue weighted by Gasteiger charge is -2.27. The molecule has 10 nitrogen and oxygen atoms in total. The van der Waals surface area contributed by atoms with Crippen molar-refractivity contribution < 1.29 is 36.4 Å². The molecule has 0 N–H and O–H groups in total. The third kappa shape index (κ3) is 15.8. The maximum absolute atomic E-state index is 13.5. The van der Waals surface area contributed by atoms with Crippen LogP contribution in [-0.2, 0) is 50.1 Å². The van der Waals surface area contributed by atoms with Gasteiger partial charge in [-0.1, -0.05) is 74.2 Å². The van der Waals surface area contributed by atoms with Crippen LogP contribution in [0, 0.1) is 11.6 Å². The highest BCUT2D eigenvalue weighted by molar-refractivity contribution is 8.13. The third-order valence-electron chi connectivity index (χ3n) is 10.9. The minimum atomic E-state index is -3.86. The van der Waals surface area contributed by atoms with Crippen LogP contribution in [0.2, 0.25) is 0 Å². The van der Waals surface area contributed by atoms with E-state index >= 15 is 0 Å². The summed E-state index contributed by atoms with van der Waals surface area (Å²) in [7, 11) is 4.61. The van der Waals surface area contributed by atoms with Gasteiger partial charge in [0.2, 0.25) is 0 Å². The van der Waals surface area contributed by atoms with Crippen molar-refractivity contribution in [2.75, 3.05) is 14.1 Å². The standard InChI is InChI=1S/C30H27FN2O2S.C23H20ClFN2O4S.CH4/c1-33(30(35)25-11-13-26(31)14-12-25)28(18-24-8-5-17-32-20-24)29(34)19-22-9-15-27(16-10-22)36-21-23-6-3-2-4-7-23;1-27(23(29)18-6-8-19(25)9-7-18)21(13-17-3-2-12-26-15-17)22(28)14-16-4-10-20(11-5-16)32(24,30)31;/h2-17,20,28H,18-19,21H2,1H3;2-12,15,21H,13-14H2,1H3;1H4/t28-;21-;/m00./s1. The number of halogens is 3. The van der Waals surface area contributed by atoms with Gasteiger partial charge in [0, 0.05) is 97.0 Å². The smallest absolute Gasteiger partial charge is 0.261 e. The predicted molar refractivity (Wildman–Crippen MR) is 267 cm³/mol. The Labute approximate surface area is 410 Å². The fourth-order valence-corrected chi connectivity index (χ4v) is 8.77. The molecule has 0 aliphatic carbocycles. The van der Waals surface area contributed by atoms with Gasteiger partial charge in [-0.25, -0.2) is 17.2 Å². The molecule has 0 spiro atoms. The normalized spacial score (nSPS) is 11.7. The van der Waals surface area contributed by atoms with Gasteiger partial charge in [-0.05, 0) is 113 Å². The van der Waals surface area contributed by atoms with E-state index < -0.39 is 38.7 Å². The van der Waals surface area contributed by atoms with Gasteiger partial charge in [0.1, 0.15) is 11.6 Å². The molecule has 0 saturated carbocycles. The van der Waals surface area contributed by atoms with E-state index in [0.29, 0.717) is 17.5 Å². The number of hydrogen-bond donors (Lipinski definition) is 0. The molecule has 0 bridgehead atoms. The summed E-state index contributed by atoms with van der Waals surface area (Å²) < 4.78 is 49.4. The molecule has 7 aromatic rings. The molecule has 0 aliphatic rings. The van der Waals surface area contributed by atoms with Crippen molar-refractivity contribution in [2.24, 2.45) is 0 Å². The fourth-order valence-electron chi connectivity index (χ4n) is 7.15. The van der Waals surface area contributed by atoms with Crippen LogP contribution in [0.3, 0.4) is 0 Å². The van der Waals surface area contributed by atoms with Gasteiger partial charge in [0.05, 0.1) is 17.0 Å². The first-order chi connectivity index (χ1) is 32.6. The zero-order valence-corrected chi connectivity index (χ0v) is 39.5. The van der Waals surface area contributed by atoms with E-state index in [-0.39, 0.29) is 54.6 Å². The molecule has 7 rings (SSSR count). The van der Waals surface area contributed by atoms with Gasteiger partial charge in [0.25, 0.3) is 20.9 Å². The second kappa shape index (κ2) is 25.5. The molecule has 0 unspecified atom stereocenters. The van der Waals surface area contributed by atoms with Gasteiger partial charge >= 0.3 is 0 Å². The first-order valence-corrected chi connectivity index (χ1v) is 24.6. The zero-order valence-electron chi connectivity index (χ0n) is 37.1. The van der Waals surface area contributed by atoms with E-state index in [1.54, 1.807) is 49.7 Å². The lowest BCUT2D eigenvalue weighted by atomic mass is 9.97. The molecule has 0 radical (unpaired) electrons. The van der Waals surface area contributed by atoms with Crippen molar-refractivity contribution in [3.63, 3.8) is 0 Å². The van der Waals surface area contributed by atoms with Crippen molar-refractivity contribution in [1.29, 1.82) is 0 Å². The number of ketones is 2. The van der Waals surface area contributed by atoms with E-state index in [1.165, 1.54) is 95.2 Å². The van der Waals surface area contributed by atoms with Crippen LogP contribution in [0.4, 0.5) is 8.78 Å². The zero-order chi connectivity index (χ0) is 48.6. The number of carbonyl (C=O) groups is 4. The summed E-state index contributed by atoms with van der Waals surface area (Å²) in [5.74, 6) is -1.06. The Morgan fingerprint density at radius 1 is 0.551 bits per heavy atom. The maximum Gasteiger partial charge on any atom is 0.261 e. The van der Waals surface area contributed by atoms with Gasteiger partial charge in [-0.2, -0.15) is 0 Å². The SMILES string of the molecule is C.CN(C(=O)c1ccc(F)cc1)[C@@H](Cc1cccnc1)C(=O)Cc1ccc(S(=O)(=O)Cl)cc1.CN(C(=O)c1ccc(F)cc1)[C@@H](Cc1cccnc1)C(=O)Cc1ccc(SCc2ccccc2)cc1. The van der Waals surface area contributed by atoms with Gasteiger partial charge in [0.15, 0.2) is 11.6 Å². The van der Waals surface area contributed by atoms with Gasteiger partial charge in [-0.15, -0.1) is 11.8 Å². The summed E-state index contributed by atoms with van der Waals surface area (Å²) in [6.07, 6.45) is 7.38. The molecular formula is C54H51ClF2N4O6S2. The number of hydrogen-bond acceptors (Lipinski definition) is 9. The quantitative estimate of drug-likeness (QED) is 0.0608. The molecule has 5 aromatic carbocycles. The number of likely N-dealkylation sites (N-methyl/N-ethyl adjacent to an activating group) is 2. The number of thioether (sulfide) groups is 1. The number of Topliss-reactive ketones (excluding diaryl/α,β-unsaturated/α-hetero) is 2. The van der Waals surface area contributed by atoms with E-state index in [0.717, 1.165) is 27.3 Å². The van der Waals surface area contributed by atoms with Crippen LogP contribution in [0.5, 0.6) is 0 Å². The summed E-state index contributed by atoms with van der Waals surface area (Å²) in [4.78, 5) is 64.8. The largest absolute Gasteiger partial charge is 0.331 e. The van der Waals surface area contributed by atoms with Crippen molar-refractivity contribution in [1.82, 2.24) is 19.8 Å². The number of aromatic nitrogens is 2. The average Bonchev–Trinajstić information content (AvgIpc) is 3.35. The first-order valence-electron chi connectivity index (χ1n) is 21.3. The number of nitrogens with zero attached hydrogens (tertiary/aromatic N) is 4. The molecular weight excluding hydrogens is 938 g/mol. The molecule has 2 heterocycles. The molecule has 0 aliphatic heterocycles. The van der Waals surface area contributed by atoms with Crippen molar-refractivity contribution in [3.8, 4) is 0 Å². The number of amides is 2. The number of pyridine rings is 2. The minimum Gasteiger partial charge on any atom is -0.331 e. The molecule has 15 heteroatoms. The predicted octanol–water partition coefficient (Wildman–Crippen LogP) is 10.3. The van der Waals surface area contributed by atoms with Crippen LogP contribution in [0.25, 0.3) is 0 Å². The summed E-state index contributed by atoms with van der Waals surface area (Å²) in [5.41, 5.74) is 4.96. The summed E-state index contributed by atoms with van der Waals surface area (Å²) in [6, 6.07) is 40.2. The van der Waals surface area contributed by atoms with Crippen LogP contribution in [0.15, 0.2) is 186 Å². The second-order valence-electron chi connectivity index (χ2n) is 15.8. The first kappa shape index (κ1) is 53.1. The van der Waals surface area contributed by atoms with Crippen LogP contribution >= 0.6 is 22.4 Å². The summed E-state index contributed by atoms with van der Waals surface area (Å²) in [5, 5.41) is 0. The van der Waals surface area contributed by atoms with Gasteiger partial charge in [-0.3, -0.25) is 29.1 Å². The Morgan fingerprint density at radius 2 is 0.957 bits per heavy atom. The summed E-state index contributed by atoms with van der Waals surface area (Å²) in [6.45, 7) is 0.